The van der Waals surface area contributed by atoms with Crippen molar-refractivity contribution in [2.24, 2.45) is 11.7 Å². The van der Waals surface area contributed by atoms with E-state index in [2.05, 4.69) is 5.32 Å². The first kappa shape index (κ1) is 13.0. The first-order valence-corrected chi connectivity index (χ1v) is 6.08. The summed E-state index contributed by atoms with van der Waals surface area (Å²) in [5.41, 5.74) is 5.65. The van der Waals surface area contributed by atoms with Gasteiger partial charge >= 0.3 is 0 Å². The van der Waals surface area contributed by atoms with Crippen LogP contribution in [0.3, 0.4) is 0 Å². The molecule has 0 heterocycles. The van der Waals surface area contributed by atoms with Crippen LogP contribution >= 0.6 is 0 Å². The Labute approximate surface area is 104 Å². The second kappa shape index (κ2) is 5.44. The summed E-state index contributed by atoms with van der Waals surface area (Å²) in [6.45, 7) is 0. The Morgan fingerprint density at radius 2 is 1.89 bits per heavy atom. The fourth-order valence-corrected chi connectivity index (χ4v) is 2.21. The predicted octanol–water partition coefficient (Wildman–Crippen LogP) is 2.42. The van der Waals surface area contributed by atoms with Gasteiger partial charge < -0.3 is 11.1 Å². The largest absolute Gasteiger partial charge is 0.328 e. The third kappa shape index (κ3) is 3.04. The van der Waals surface area contributed by atoms with Crippen molar-refractivity contribution >= 4 is 11.6 Å². The number of carbonyl (C=O) groups excluding carboxylic acids is 1. The van der Waals surface area contributed by atoms with Gasteiger partial charge in [0.05, 0.1) is 5.69 Å². The van der Waals surface area contributed by atoms with Gasteiger partial charge in [0.1, 0.15) is 11.6 Å². The number of nitrogens with two attached hydrogens (primary N) is 1. The van der Waals surface area contributed by atoms with Gasteiger partial charge in [-0.1, -0.05) is 0 Å². The number of hydrogen-bond acceptors (Lipinski definition) is 2. The average Bonchev–Trinajstić information content (AvgIpc) is 2.34. The normalized spacial score (nSPS) is 23.7. The van der Waals surface area contributed by atoms with E-state index in [1.807, 2.05) is 0 Å². The van der Waals surface area contributed by atoms with Crippen molar-refractivity contribution in [2.75, 3.05) is 5.32 Å². The van der Waals surface area contributed by atoms with Crippen LogP contribution in [0.4, 0.5) is 14.5 Å². The smallest absolute Gasteiger partial charge is 0.227 e. The molecule has 1 aromatic carbocycles. The standard InChI is InChI=1S/C13H16F2N2O/c14-9-3-6-11(15)12(7-9)17-13(18)8-1-4-10(16)5-2-8/h3,6-8,10H,1-2,4-5,16H2,(H,17,18). The third-order valence-corrected chi connectivity index (χ3v) is 3.33. The molecule has 1 saturated carbocycles. The Morgan fingerprint density at radius 1 is 1.22 bits per heavy atom. The van der Waals surface area contributed by atoms with Gasteiger partial charge in [0, 0.05) is 18.0 Å². The summed E-state index contributed by atoms with van der Waals surface area (Å²) in [6, 6.07) is 3.16. The molecular weight excluding hydrogens is 238 g/mol. The zero-order valence-corrected chi connectivity index (χ0v) is 9.96. The maximum absolute atomic E-state index is 13.4. The Kier molecular flexibility index (Phi) is 3.91. The fourth-order valence-electron chi connectivity index (χ4n) is 2.21. The van der Waals surface area contributed by atoms with Crippen molar-refractivity contribution in [1.82, 2.24) is 0 Å². The van der Waals surface area contributed by atoms with E-state index in [0.29, 0.717) is 12.8 Å². The molecule has 2 rings (SSSR count). The van der Waals surface area contributed by atoms with Crippen LogP contribution in [0.5, 0.6) is 0 Å². The number of anilines is 1. The van der Waals surface area contributed by atoms with Gasteiger partial charge in [0.15, 0.2) is 0 Å². The second-order valence-electron chi connectivity index (χ2n) is 4.73. The van der Waals surface area contributed by atoms with Crippen LogP contribution < -0.4 is 11.1 Å². The summed E-state index contributed by atoms with van der Waals surface area (Å²) >= 11 is 0. The Balaban J connectivity index is 2.00. The zero-order chi connectivity index (χ0) is 13.1. The van der Waals surface area contributed by atoms with Crippen molar-refractivity contribution in [3.63, 3.8) is 0 Å². The molecule has 1 aromatic rings. The van der Waals surface area contributed by atoms with Crippen LogP contribution in [-0.2, 0) is 4.79 Å². The average molecular weight is 254 g/mol. The van der Waals surface area contributed by atoms with Gasteiger partial charge in [0.2, 0.25) is 5.91 Å². The van der Waals surface area contributed by atoms with E-state index in [4.69, 9.17) is 5.73 Å². The van der Waals surface area contributed by atoms with Gasteiger partial charge in [-0.3, -0.25) is 4.79 Å². The van der Waals surface area contributed by atoms with Crippen LogP contribution in [0.2, 0.25) is 0 Å². The maximum Gasteiger partial charge on any atom is 0.227 e. The summed E-state index contributed by atoms with van der Waals surface area (Å²) in [5, 5.41) is 2.44. The molecule has 1 aliphatic carbocycles. The molecule has 1 aliphatic rings. The zero-order valence-electron chi connectivity index (χ0n) is 9.96. The van der Waals surface area contributed by atoms with E-state index >= 15 is 0 Å². The second-order valence-corrected chi connectivity index (χ2v) is 4.73. The fraction of sp³-hybridized carbons (Fsp3) is 0.462. The third-order valence-electron chi connectivity index (χ3n) is 3.33. The molecule has 18 heavy (non-hydrogen) atoms. The van der Waals surface area contributed by atoms with E-state index in [0.717, 1.165) is 31.0 Å². The van der Waals surface area contributed by atoms with Crippen LogP contribution in [0.25, 0.3) is 0 Å². The number of carbonyl (C=O) groups is 1. The molecular formula is C13H16F2N2O. The molecule has 5 heteroatoms. The molecule has 0 spiro atoms. The quantitative estimate of drug-likeness (QED) is 0.851. The molecule has 0 radical (unpaired) electrons. The number of nitrogens with one attached hydrogen (secondary N) is 1. The van der Waals surface area contributed by atoms with Crippen molar-refractivity contribution in [3.8, 4) is 0 Å². The minimum absolute atomic E-state index is 0.102. The summed E-state index contributed by atoms with van der Waals surface area (Å²) in [5.74, 6) is -1.62. The molecule has 1 fully saturated rings. The molecule has 3 nitrogen and oxygen atoms in total. The minimum Gasteiger partial charge on any atom is -0.328 e. The molecule has 3 N–H and O–H groups in total. The monoisotopic (exact) mass is 254 g/mol. The first-order chi connectivity index (χ1) is 8.56. The molecule has 0 bridgehead atoms. The summed E-state index contributed by atoms with van der Waals surface area (Å²) < 4.78 is 26.3. The minimum atomic E-state index is -0.628. The van der Waals surface area contributed by atoms with E-state index in [9.17, 15) is 13.6 Å². The summed E-state index contributed by atoms with van der Waals surface area (Å²) in [6.07, 6.45) is 2.99. The van der Waals surface area contributed by atoms with Crippen molar-refractivity contribution in [1.29, 1.82) is 0 Å². The van der Waals surface area contributed by atoms with Gasteiger partial charge in [0.25, 0.3) is 0 Å². The molecule has 1 amide bonds. The molecule has 0 unspecified atom stereocenters. The Hall–Kier alpha value is -1.49. The highest BCUT2D eigenvalue weighted by molar-refractivity contribution is 5.92. The number of halogens is 2. The summed E-state index contributed by atoms with van der Waals surface area (Å²) in [7, 11) is 0. The topological polar surface area (TPSA) is 55.1 Å². The molecule has 98 valence electrons. The lowest BCUT2D eigenvalue weighted by Crippen LogP contribution is -2.32. The highest BCUT2D eigenvalue weighted by Crippen LogP contribution is 2.25. The lowest BCUT2D eigenvalue weighted by Gasteiger charge is -2.25. The van der Waals surface area contributed by atoms with Crippen LogP contribution in [0.1, 0.15) is 25.7 Å². The van der Waals surface area contributed by atoms with Crippen molar-refractivity contribution in [2.45, 2.75) is 31.7 Å². The van der Waals surface area contributed by atoms with Crippen LogP contribution in [-0.4, -0.2) is 11.9 Å². The predicted molar refractivity (Wildman–Crippen MR) is 64.9 cm³/mol. The van der Waals surface area contributed by atoms with E-state index < -0.39 is 11.6 Å². The Bertz CT molecular complexity index is 443. The maximum atomic E-state index is 13.4. The number of amides is 1. The number of benzene rings is 1. The van der Waals surface area contributed by atoms with E-state index in [-0.39, 0.29) is 23.6 Å². The van der Waals surface area contributed by atoms with Crippen LogP contribution in [0, 0.1) is 17.6 Å². The van der Waals surface area contributed by atoms with Gasteiger partial charge in [-0.05, 0) is 37.8 Å². The lowest BCUT2D eigenvalue weighted by molar-refractivity contribution is -0.120. The highest BCUT2D eigenvalue weighted by atomic mass is 19.1. The molecule has 0 saturated heterocycles. The number of hydrogen-bond donors (Lipinski definition) is 2. The molecule has 0 aromatic heterocycles. The molecule has 0 atom stereocenters. The van der Waals surface area contributed by atoms with Gasteiger partial charge in [-0.2, -0.15) is 0 Å². The summed E-state index contributed by atoms with van der Waals surface area (Å²) in [4.78, 5) is 11.9. The molecule has 0 aliphatic heterocycles. The lowest BCUT2D eigenvalue weighted by atomic mass is 9.86. The van der Waals surface area contributed by atoms with Crippen molar-refractivity contribution in [3.05, 3.63) is 29.8 Å². The van der Waals surface area contributed by atoms with Crippen molar-refractivity contribution < 1.29 is 13.6 Å². The van der Waals surface area contributed by atoms with Crippen LogP contribution in [0.15, 0.2) is 18.2 Å². The van der Waals surface area contributed by atoms with Gasteiger partial charge in [-0.15, -0.1) is 0 Å². The van der Waals surface area contributed by atoms with E-state index in [1.54, 1.807) is 0 Å². The first-order valence-electron chi connectivity index (χ1n) is 6.08. The number of rotatable bonds is 2. The SMILES string of the molecule is NC1CCC(C(=O)Nc2cc(F)ccc2F)CC1. The highest BCUT2D eigenvalue weighted by Gasteiger charge is 2.25. The van der Waals surface area contributed by atoms with Gasteiger partial charge in [-0.25, -0.2) is 8.78 Å². The Morgan fingerprint density at radius 3 is 2.56 bits per heavy atom. The van der Waals surface area contributed by atoms with E-state index in [1.165, 1.54) is 0 Å².